The molecule has 1 fully saturated rings. The number of nitrogens with zero attached hydrogens (tertiary/aromatic N) is 3. The number of carbonyl (C=O) groups excluding carboxylic acids is 1. The first-order valence-corrected chi connectivity index (χ1v) is 10.6. The Hall–Kier alpha value is -2.12. The molecule has 1 amide bonds. The summed E-state index contributed by atoms with van der Waals surface area (Å²) in [6.45, 7) is 7.47. The fraction of sp³-hybridized carbons (Fsp3) is 0.636. The number of benzene rings is 1. The largest absolute Gasteiger partial charge is 0.384 e. The Morgan fingerprint density at radius 2 is 2.03 bits per heavy atom. The lowest BCUT2D eigenvalue weighted by Crippen LogP contribution is -2.44. The van der Waals surface area contributed by atoms with Crippen molar-refractivity contribution in [3.63, 3.8) is 0 Å². The van der Waals surface area contributed by atoms with Crippen molar-refractivity contribution in [3.05, 3.63) is 35.9 Å². The van der Waals surface area contributed by atoms with E-state index in [4.69, 9.17) is 0 Å². The van der Waals surface area contributed by atoms with E-state index in [-0.39, 0.29) is 18.5 Å². The number of hydrogen-bond donors (Lipinski definition) is 3. The standard InChI is InChI=1S/C22H37N5O2/c1-5-23-21(25-17-22(2,29)18-11-7-6-8-12-18)24-14-10-16-27-15-9-13-19(27)20(28)26(3)4/h6-8,11-12,19,29H,5,9-10,13-17H2,1-4H3,(H2,23,24,25). The Kier molecular flexibility index (Phi) is 8.92. The van der Waals surface area contributed by atoms with Crippen LogP contribution in [0, 0.1) is 0 Å². The summed E-state index contributed by atoms with van der Waals surface area (Å²) in [6, 6.07) is 9.63. The lowest BCUT2D eigenvalue weighted by atomic mass is 9.96. The van der Waals surface area contributed by atoms with Gasteiger partial charge in [-0.25, -0.2) is 4.99 Å². The summed E-state index contributed by atoms with van der Waals surface area (Å²) < 4.78 is 0. The zero-order chi connectivity index (χ0) is 21.3. The van der Waals surface area contributed by atoms with Crippen LogP contribution in [-0.4, -0.2) is 79.6 Å². The number of likely N-dealkylation sites (N-methyl/N-ethyl adjacent to an activating group) is 1. The first-order valence-electron chi connectivity index (χ1n) is 10.6. The Morgan fingerprint density at radius 1 is 1.31 bits per heavy atom. The number of rotatable bonds is 9. The van der Waals surface area contributed by atoms with Crippen LogP contribution < -0.4 is 10.6 Å². The molecular weight excluding hydrogens is 366 g/mol. The van der Waals surface area contributed by atoms with Crippen LogP contribution in [0.1, 0.15) is 38.7 Å². The highest BCUT2D eigenvalue weighted by atomic mass is 16.3. The molecule has 2 rings (SSSR count). The molecule has 0 aromatic heterocycles. The number of guanidine groups is 1. The summed E-state index contributed by atoms with van der Waals surface area (Å²) in [6.07, 6.45) is 2.95. The molecule has 7 nitrogen and oxygen atoms in total. The zero-order valence-electron chi connectivity index (χ0n) is 18.3. The molecule has 162 valence electrons. The van der Waals surface area contributed by atoms with Crippen LogP contribution in [0.15, 0.2) is 35.3 Å². The molecule has 2 atom stereocenters. The molecule has 3 N–H and O–H groups in total. The molecular formula is C22H37N5O2. The van der Waals surface area contributed by atoms with Crippen molar-refractivity contribution in [2.75, 3.05) is 46.8 Å². The third-order valence-electron chi connectivity index (χ3n) is 5.29. The number of hydrogen-bond acceptors (Lipinski definition) is 4. The molecule has 0 bridgehead atoms. The molecule has 1 heterocycles. The molecule has 1 aliphatic rings. The molecule has 1 saturated heterocycles. The van der Waals surface area contributed by atoms with Gasteiger partial charge in [0.2, 0.25) is 5.91 Å². The highest BCUT2D eigenvalue weighted by Gasteiger charge is 2.31. The summed E-state index contributed by atoms with van der Waals surface area (Å²) >= 11 is 0. The molecule has 1 aromatic rings. The molecule has 29 heavy (non-hydrogen) atoms. The van der Waals surface area contributed by atoms with Gasteiger partial charge in [-0.05, 0) is 45.2 Å². The van der Waals surface area contributed by atoms with Crippen molar-refractivity contribution in [2.24, 2.45) is 4.99 Å². The highest BCUT2D eigenvalue weighted by Crippen LogP contribution is 2.20. The number of aliphatic hydroxyl groups is 1. The zero-order valence-corrected chi connectivity index (χ0v) is 18.3. The minimum Gasteiger partial charge on any atom is -0.384 e. The molecule has 0 aliphatic carbocycles. The highest BCUT2D eigenvalue weighted by molar-refractivity contribution is 5.81. The number of amides is 1. The first kappa shape index (κ1) is 23.2. The number of nitrogens with one attached hydrogen (secondary N) is 2. The molecule has 0 spiro atoms. The van der Waals surface area contributed by atoms with Gasteiger partial charge in [-0.3, -0.25) is 9.69 Å². The summed E-state index contributed by atoms with van der Waals surface area (Å²) in [5.74, 6) is 0.902. The van der Waals surface area contributed by atoms with Crippen molar-refractivity contribution >= 4 is 11.9 Å². The van der Waals surface area contributed by atoms with Crippen LogP contribution >= 0.6 is 0 Å². The fourth-order valence-corrected chi connectivity index (χ4v) is 3.62. The molecule has 7 heteroatoms. The minimum absolute atomic E-state index is 0.0212. The van der Waals surface area contributed by atoms with Gasteiger partial charge < -0.3 is 20.6 Å². The van der Waals surface area contributed by atoms with Crippen LogP contribution in [0.5, 0.6) is 0 Å². The smallest absolute Gasteiger partial charge is 0.239 e. The summed E-state index contributed by atoms with van der Waals surface area (Å²) in [5.41, 5.74) is -0.163. The predicted molar refractivity (Wildman–Crippen MR) is 118 cm³/mol. The quantitative estimate of drug-likeness (QED) is 0.330. The number of carbonyl (C=O) groups is 1. The van der Waals surface area contributed by atoms with Gasteiger partial charge in [-0.1, -0.05) is 30.3 Å². The average Bonchev–Trinajstić information content (AvgIpc) is 3.17. The summed E-state index contributed by atoms with van der Waals surface area (Å²) in [5, 5.41) is 17.3. The fourth-order valence-electron chi connectivity index (χ4n) is 3.62. The summed E-state index contributed by atoms with van der Waals surface area (Å²) in [7, 11) is 3.65. The number of likely N-dealkylation sites (tertiary alicyclic amines) is 1. The van der Waals surface area contributed by atoms with E-state index in [0.29, 0.717) is 5.96 Å². The Morgan fingerprint density at radius 3 is 2.69 bits per heavy atom. The van der Waals surface area contributed by atoms with E-state index in [2.05, 4.69) is 20.5 Å². The number of aliphatic imine (C=N–C) groups is 1. The van der Waals surface area contributed by atoms with E-state index in [1.54, 1.807) is 11.8 Å². The molecule has 2 unspecified atom stereocenters. The van der Waals surface area contributed by atoms with Gasteiger partial charge in [-0.15, -0.1) is 0 Å². The van der Waals surface area contributed by atoms with E-state index in [1.165, 1.54) is 0 Å². The maximum atomic E-state index is 12.3. The van der Waals surface area contributed by atoms with Gasteiger partial charge in [0.1, 0.15) is 5.60 Å². The van der Waals surface area contributed by atoms with Crippen molar-refractivity contribution < 1.29 is 9.90 Å². The minimum atomic E-state index is -1.01. The lowest BCUT2D eigenvalue weighted by Gasteiger charge is -2.26. The van der Waals surface area contributed by atoms with Gasteiger partial charge in [-0.2, -0.15) is 0 Å². The monoisotopic (exact) mass is 403 g/mol. The lowest BCUT2D eigenvalue weighted by molar-refractivity contribution is -0.133. The third-order valence-corrected chi connectivity index (χ3v) is 5.29. The van der Waals surface area contributed by atoms with E-state index in [9.17, 15) is 9.90 Å². The van der Waals surface area contributed by atoms with E-state index >= 15 is 0 Å². The van der Waals surface area contributed by atoms with Crippen molar-refractivity contribution in [2.45, 2.75) is 44.8 Å². The van der Waals surface area contributed by atoms with Gasteiger partial charge in [0.05, 0.1) is 12.6 Å². The average molecular weight is 404 g/mol. The molecule has 1 aliphatic heterocycles. The van der Waals surface area contributed by atoms with Crippen LogP contribution in [0.3, 0.4) is 0 Å². The third kappa shape index (κ3) is 7.01. The van der Waals surface area contributed by atoms with Crippen molar-refractivity contribution in [1.29, 1.82) is 0 Å². The van der Waals surface area contributed by atoms with Gasteiger partial charge in [0.25, 0.3) is 0 Å². The Balaban J connectivity index is 1.83. The van der Waals surface area contributed by atoms with Crippen LogP contribution in [-0.2, 0) is 10.4 Å². The summed E-state index contributed by atoms with van der Waals surface area (Å²) in [4.78, 5) is 20.8. The van der Waals surface area contributed by atoms with Gasteiger partial charge >= 0.3 is 0 Å². The predicted octanol–water partition coefficient (Wildman–Crippen LogP) is 1.39. The molecule has 0 radical (unpaired) electrons. The van der Waals surface area contributed by atoms with E-state index in [0.717, 1.165) is 51.0 Å². The van der Waals surface area contributed by atoms with Crippen molar-refractivity contribution in [3.8, 4) is 0 Å². The normalized spacial score (nSPS) is 19.6. The first-order chi connectivity index (χ1) is 13.8. The van der Waals surface area contributed by atoms with Crippen LogP contribution in [0.4, 0.5) is 0 Å². The molecule has 0 saturated carbocycles. The van der Waals surface area contributed by atoms with Crippen LogP contribution in [0.2, 0.25) is 0 Å². The maximum Gasteiger partial charge on any atom is 0.239 e. The van der Waals surface area contributed by atoms with Crippen molar-refractivity contribution in [1.82, 2.24) is 20.4 Å². The Labute approximate surface area is 175 Å². The second-order valence-electron chi connectivity index (χ2n) is 8.04. The topological polar surface area (TPSA) is 80.2 Å². The Bertz CT molecular complexity index is 660. The van der Waals surface area contributed by atoms with Gasteiger partial charge in [0, 0.05) is 33.7 Å². The molecule has 1 aromatic carbocycles. The van der Waals surface area contributed by atoms with Crippen LogP contribution in [0.25, 0.3) is 0 Å². The van der Waals surface area contributed by atoms with Gasteiger partial charge in [0.15, 0.2) is 5.96 Å². The van der Waals surface area contributed by atoms with E-state index in [1.807, 2.05) is 51.4 Å². The second kappa shape index (κ2) is 11.2. The van der Waals surface area contributed by atoms with E-state index < -0.39 is 5.60 Å². The SMILES string of the molecule is CCNC(=NCC(C)(O)c1ccccc1)NCCCN1CCCC1C(=O)N(C)C. The second-order valence-corrected chi connectivity index (χ2v) is 8.04. The maximum absolute atomic E-state index is 12.3.